The molecule has 6 aromatic rings. The van der Waals surface area contributed by atoms with Gasteiger partial charge in [-0.3, -0.25) is 14.4 Å². The van der Waals surface area contributed by atoms with Crippen LogP contribution in [0.1, 0.15) is 62.6 Å². The number of pyridine rings is 4. The quantitative estimate of drug-likeness (QED) is 0.0912. The predicted octanol–water partition coefficient (Wildman–Crippen LogP) is 4.57. The Morgan fingerprint density at radius 2 is 1.19 bits per heavy atom. The maximum Gasteiger partial charge on any atom is 0.230 e. The highest BCUT2D eigenvalue weighted by Gasteiger charge is 2.30. The second-order valence-electron chi connectivity index (χ2n) is 19.4. The number of halogens is 1. The number of aryl methyl sites for hydroxylation is 1. The Kier molecular flexibility index (Phi) is 15.3. The van der Waals surface area contributed by atoms with E-state index < -0.39 is 25.9 Å². The van der Waals surface area contributed by atoms with Gasteiger partial charge in [-0.25, -0.2) is 36.2 Å². The number of anilines is 6. The maximum atomic E-state index is 13.9. The monoisotopic (exact) mass is 1070 g/mol. The predicted molar refractivity (Wildman–Crippen MR) is 279 cm³/mol. The van der Waals surface area contributed by atoms with Crippen LogP contribution < -0.4 is 48.7 Å². The van der Waals surface area contributed by atoms with E-state index in [1.165, 1.54) is 12.4 Å². The molecule has 0 radical (unpaired) electrons. The molecule has 0 spiro atoms. The normalized spacial score (nSPS) is 20.7. The molecule has 4 aliphatic rings. The van der Waals surface area contributed by atoms with Gasteiger partial charge in [0, 0.05) is 50.5 Å². The fourth-order valence-corrected chi connectivity index (χ4v) is 11.0. The molecule has 2 saturated heterocycles. The third kappa shape index (κ3) is 13.0. The lowest BCUT2D eigenvalue weighted by Gasteiger charge is -2.31. The number of aromatic nitrogens is 8. The molecule has 2 aliphatic carbocycles. The fourth-order valence-electron chi connectivity index (χ4n) is 9.93. The summed E-state index contributed by atoms with van der Waals surface area (Å²) in [6.07, 6.45) is 13.7. The zero-order valence-corrected chi connectivity index (χ0v) is 43.9. The van der Waals surface area contributed by atoms with E-state index in [1.807, 2.05) is 16.7 Å². The van der Waals surface area contributed by atoms with Gasteiger partial charge in [0.1, 0.15) is 34.9 Å². The van der Waals surface area contributed by atoms with Gasteiger partial charge in [0.2, 0.25) is 55.1 Å². The van der Waals surface area contributed by atoms with Crippen LogP contribution in [-0.2, 0) is 36.1 Å². The minimum absolute atomic E-state index is 0.0259. The van der Waals surface area contributed by atoms with Crippen LogP contribution in [0.3, 0.4) is 0 Å². The number of nitrogens with zero attached hydrogens (tertiary/aromatic N) is 10. The zero-order valence-electron chi connectivity index (χ0n) is 42.3. The molecule has 6 aromatic heterocycles. The number of rotatable bonds is 17. The average molecular weight is 1070 g/mol. The van der Waals surface area contributed by atoms with E-state index in [0.29, 0.717) is 147 Å². The minimum atomic E-state index is -3.69. The first-order valence-corrected chi connectivity index (χ1v) is 28.9. The Labute approximate surface area is 434 Å². The summed E-state index contributed by atoms with van der Waals surface area (Å²) in [6.45, 7) is 6.65. The molecule has 0 atom stereocenters. The van der Waals surface area contributed by atoms with Crippen LogP contribution in [-0.4, -0.2) is 148 Å². The highest BCUT2D eigenvalue weighted by atomic mass is 32.2. The maximum absolute atomic E-state index is 13.9. The van der Waals surface area contributed by atoms with Gasteiger partial charge in [-0.05, 0) is 70.4 Å². The molecule has 0 aromatic carbocycles. The summed E-state index contributed by atoms with van der Waals surface area (Å²) in [7, 11) is -5.68. The SMILES string of the molecule is COc1nc(NC2CCC(Oc3nc(N4CCOCC4)cc4ncc(NS(C)(=O)=O)cc34)CC2)ncc1C[n+]1cc(NS(C)(=O)=O)cc2c(OC3CCC(Nc4ncc(F)c(C)n4)CC3)nc(N3CCOCC3)cc21. The molecule has 23 nitrogen and oxygen atoms in total. The third-order valence-electron chi connectivity index (χ3n) is 13.6. The standard InChI is InChI=1S/C49H62FN14O9S2/c1-30-40(50)27-53-48(54-30)55-32-5-11-37(12-6-32)73-47-39-22-35(61-75(4,67)68)29-64(42(39)24-44(58-47)63-15-19-71-20-16-63)28-31-25-52-49(59-45(31)69-2)56-33-7-9-36(10-8-33)72-46-38-21-34(60-74(3,65)66)26-51-41(38)23-43(57-46)62-13-17-70-18-14-62/h21-27,29,32-33,36-37,60-61H,5-20,28H2,1-4H3,(H,52,56,59)(H,53,54,55)/q+1. The minimum Gasteiger partial charge on any atom is -0.480 e. The van der Waals surface area contributed by atoms with Crippen LogP contribution in [0.15, 0.2) is 49.1 Å². The van der Waals surface area contributed by atoms with E-state index in [2.05, 4.69) is 44.8 Å². The van der Waals surface area contributed by atoms with E-state index in [4.69, 9.17) is 43.6 Å². The summed E-state index contributed by atoms with van der Waals surface area (Å²) >= 11 is 0. The van der Waals surface area contributed by atoms with Gasteiger partial charge in [-0.15, -0.1) is 0 Å². The van der Waals surface area contributed by atoms with Crippen molar-refractivity contribution < 1.29 is 49.5 Å². The molecule has 2 aliphatic heterocycles. The molecule has 10 rings (SSSR count). The molecule has 4 fully saturated rings. The van der Waals surface area contributed by atoms with E-state index in [9.17, 15) is 21.2 Å². The van der Waals surface area contributed by atoms with Crippen molar-refractivity contribution >= 4 is 76.8 Å². The summed E-state index contributed by atoms with van der Waals surface area (Å²) in [5.41, 5.74) is 2.93. The van der Waals surface area contributed by atoms with Crippen LogP contribution in [0.5, 0.6) is 17.6 Å². The number of morpholine rings is 2. The van der Waals surface area contributed by atoms with Crippen molar-refractivity contribution in [2.75, 3.05) is 102 Å². The molecule has 2 saturated carbocycles. The molecule has 0 bridgehead atoms. The molecule has 26 heteroatoms. The number of hydrogen-bond donors (Lipinski definition) is 4. The first-order chi connectivity index (χ1) is 36.1. The molecular weight excluding hydrogens is 1010 g/mol. The number of methoxy groups -OCH3 is 1. The van der Waals surface area contributed by atoms with Crippen molar-refractivity contribution in [1.29, 1.82) is 0 Å². The Morgan fingerprint density at radius 1 is 0.653 bits per heavy atom. The van der Waals surface area contributed by atoms with Crippen molar-refractivity contribution in [2.24, 2.45) is 0 Å². The van der Waals surface area contributed by atoms with Crippen LogP contribution in [0.4, 0.5) is 39.3 Å². The third-order valence-corrected chi connectivity index (χ3v) is 14.9. The van der Waals surface area contributed by atoms with Crippen molar-refractivity contribution in [1.82, 2.24) is 34.9 Å². The lowest BCUT2D eigenvalue weighted by molar-refractivity contribution is -0.661. The number of nitrogens with one attached hydrogen (secondary N) is 4. The summed E-state index contributed by atoms with van der Waals surface area (Å²) in [5, 5.41) is 8.05. The van der Waals surface area contributed by atoms with Gasteiger partial charge in [0.15, 0.2) is 18.6 Å². The summed E-state index contributed by atoms with van der Waals surface area (Å²) in [4.78, 5) is 36.8. The highest BCUT2D eigenvalue weighted by molar-refractivity contribution is 7.92. The first kappa shape index (κ1) is 51.7. The van der Waals surface area contributed by atoms with Gasteiger partial charge < -0.3 is 44.1 Å². The Balaban J connectivity index is 0.863. The Hall–Kier alpha value is -6.77. The van der Waals surface area contributed by atoms with Crippen molar-refractivity contribution in [3.8, 4) is 17.6 Å². The topological polar surface area (TPSA) is 263 Å². The molecule has 400 valence electrons. The van der Waals surface area contributed by atoms with Gasteiger partial charge in [0.25, 0.3) is 0 Å². The molecular formula is C49H62FN14O9S2+. The second-order valence-corrected chi connectivity index (χ2v) is 22.9. The number of hydrogen-bond acceptors (Lipinski definition) is 20. The molecule has 75 heavy (non-hydrogen) atoms. The number of ether oxygens (including phenoxy) is 5. The van der Waals surface area contributed by atoms with Crippen molar-refractivity contribution in [3.05, 3.63) is 66.1 Å². The summed E-state index contributed by atoms with van der Waals surface area (Å²) in [5.74, 6) is 2.84. The van der Waals surface area contributed by atoms with E-state index >= 15 is 0 Å². The van der Waals surface area contributed by atoms with Gasteiger partial charge >= 0.3 is 0 Å². The second kappa shape index (κ2) is 22.2. The van der Waals surface area contributed by atoms with Crippen LogP contribution >= 0.6 is 0 Å². The fraction of sp³-hybridized carbons (Fsp3) is 0.510. The van der Waals surface area contributed by atoms with E-state index in [1.54, 1.807) is 38.6 Å². The van der Waals surface area contributed by atoms with E-state index in [-0.39, 0.29) is 36.5 Å². The van der Waals surface area contributed by atoms with Gasteiger partial charge in [-0.2, -0.15) is 19.5 Å². The largest absolute Gasteiger partial charge is 0.480 e. The lowest BCUT2D eigenvalue weighted by Crippen LogP contribution is -2.39. The first-order valence-electron chi connectivity index (χ1n) is 25.1. The Bertz CT molecular complexity index is 3260. The Morgan fingerprint density at radius 3 is 1.76 bits per heavy atom. The molecule has 0 unspecified atom stereocenters. The van der Waals surface area contributed by atoms with Crippen LogP contribution in [0.2, 0.25) is 0 Å². The highest BCUT2D eigenvalue weighted by Crippen LogP contribution is 2.36. The summed E-state index contributed by atoms with van der Waals surface area (Å²) in [6, 6.07) is 7.41. The van der Waals surface area contributed by atoms with Crippen molar-refractivity contribution in [2.45, 2.75) is 89.1 Å². The summed E-state index contributed by atoms with van der Waals surface area (Å²) < 4.78 is 101. The number of fused-ring (bicyclic) bond motifs is 2. The van der Waals surface area contributed by atoms with Gasteiger partial charge in [0.05, 0.1) is 92.4 Å². The molecule has 0 amide bonds. The van der Waals surface area contributed by atoms with E-state index in [0.717, 1.165) is 49.5 Å². The zero-order chi connectivity index (χ0) is 52.3. The molecule has 4 N–H and O–H groups in total. The van der Waals surface area contributed by atoms with Crippen molar-refractivity contribution in [3.63, 3.8) is 0 Å². The van der Waals surface area contributed by atoms with Crippen LogP contribution in [0.25, 0.3) is 21.8 Å². The number of sulfonamides is 2. The smallest absolute Gasteiger partial charge is 0.230 e. The van der Waals surface area contributed by atoms with Crippen LogP contribution in [0, 0.1) is 12.7 Å². The van der Waals surface area contributed by atoms with Gasteiger partial charge in [-0.1, -0.05) is 0 Å². The lowest BCUT2D eigenvalue weighted by atomic mass is 9.93. The molecule has 8 heterocycles. The average Bonchev–Trinajstić information content (AvgIpc) is 3.39.